The van der Waals surface area contributed by atoms with Crippen LogP contribution in [0.1, 0.15) is 56.2 Å². The second kappa shape index (κ2) is 8.54. The van der Waals surface area contributed by atoms with Crippen LogP contribution in [0.2, 0.25) is 0 Å². The summed E-state index contributed by atoms with van der Waals surface area (Å²) in [6.07, 6.45) is 0. The number of carbonyl (C=O) groups is 1. The highest BCUT2D eigenvalue weighted by Gasteiger charge is 2.19. The van der Waals surface area contributed by atoms with E-state index in [1.165, 1.54) is 0 Å². The van der Waals surface area contributed by atoms with Crippen LogP contribution in [0.4, 0.5) is 5.82 Å². The summed E-state index contributed by atoms with van der Waals surface area (Å²) in [4.78, 5) is 22.5. The van der Waals surface area contributed by atoms with Crippen molar-refractivity contribution < 1.29 is 9.90 Å². The normalized spacial score (nSPS) is 11.4. The summed E-state index contributed by atoms with van der Waals surface area (Å²) in [5.41, 5.74) is 2.17. The molecule has 5 nitrogen and oxygen atoms in total. The number of hydrogen-bond acceptors (Lipinski definition) is 6. The van der Waals surface area contributed by atoms with E-state index in [9.17, 15) is 9.90 Å². The van der Waals surface area contributed by atoms with Crippen molar-refractivity contribution in [3.8, 4) is 0 Å². The fourth-order valence-electron chi connectivity index (χ4n) is 2.46. The molecule has 1 aromatic carbocycles. The van der Waals surface area contributed by atoms with Crippen molar-refractivity contribution in [1.82, 2.24) is 9.97 Å². The van der Waals surface area contributed by atoms with E-state index >= 15 is 0 Å². The summed E-state index contributed by atoms with van der Waals surface area (Å²) < 4.78 is 0. The Labute approximate surface area is 159 Å². The van der Waals surface area contributed by atoms with Crippen LogP contribution in [0.3, 0.4) is 0 Å². The van der Waals surface area contributed by atoms with Gasteiger partial charge in [-0.15, -0.1) is 0 Å². The van der Waals surface area contributed by atoms with Crippen molar-refractivity contribution in [1.29, 1.82) is 0 Å². The average molecular weight is 373 g/mol. The Morgan fingerprint density at radius 2 is 1.73 bits per heavy atom. The van der Waals surface area contributed by atoms with Crippen LogP contribution in [0.15, 0.2) is 35.5 Å². The molecule has 0 aliphatic carbocycles. The van der Waals surface area contributed by atoms with Crippen LogP contribution in [0, 0.1) is 0 Å². The molecule has 6 heteroatoms. The molecule has 0 aliphatic rings. The van der Waals surface area contributed by atoms with Crippen LogP contribution >= 0.6 is 11.8 Å². The van der Waals surface area contributed by atoms with E-state index in [-0.39, 0.29) is 11.0 Å². The van der Waals surface area contributed by atoms with Crippen molar-refractivity contribution in [2.45, 2.75) is 50.9 Å². The van der Waals surface area contributed by atoms with Gasteiger partial charge in [0, 0.05) is 30.3 Å². The number of carboxylic acid groups (broad SMARTS) is 1. The smallest absolute Gasteiger partial charge is 0.190 e. The lowest BCUT2D eigenvalue weighted by atomic mass is 9.92. The molecular weight excluding hydrogens is 346 g/mol. The standard InChI is InChI=1S/C20H27N3O2S/c1-6-23(7-2)17-12-16(20(3,4)5)21-19(22-17)26-13-14-8-10-15(11-9-14)18(24)25/h8-12H,6-7,13H2,1-5H3,(H,24,25)/p-1. The van der Waals surface area contributed by atoms with E-state index in [1.807, 2.05) is 0 Å². The number of aromatic carboxylic acids is 1. The predicted octanol–water partition coefficient (Wildman–Crippen LogP) is 3.28. The third kappa shape index (κ3) is 5.21. The van der Waals surface area contributed by atoms with Crippen LogP contribution in [-0.4, -0.2) is 29.0 Å². The Kier molecular flexibility index (Phi) is 6.64. The highest BCUT2D eigenvalue weighted by Crippen LogP contribution is 2.28. The van der Waals surface area contributed by atoms with Gasteiger partial charge in [-0.3, -0.25) is 0 Å². The first-order chi connectivity index (χ1) is 12.2. The van der Waals surface area contributed by atoms with E-state index in [1.54, 1.807) is 36.0 Å². The van der Waals surface area contributed by atoms with Gasteiger partial charge in [-0.05, 0) is 25.0 Å². The minimum Gasteiger partial charge on any atom is -0.545 e. The fourth-order valence-corrected chi connectivity index (χ4v) is 3.27. The maximum absolute atomic E-state index is 10.8. The first kappa shape index (κ1) is 20.2. The van der Waals surface area contributed by atoms with E-state index < -0.39 is 5.97 Å². The molecule has 0 saturated carbocycles. The highest BCUT2D eigenvalue weighted by atomic mass is 32.2. The second-order valence-electron chi connectivity index (χ2n) is 7.09. The highest BCUT2D eigenvalue weighted by molar-refractivity contribution is 7.98. The van der Waals surface area contributed by atoms with Crippen LogP contribution in [-0.2, 0) is 11.2 Å². The number of aromatic nitrogens is 2. The van der Waals surface area contributed by atoms with Gasteiger partial charge in [-0.1, -0.05) is 56.8 Å². The van der Waals surface area contributed by atoms with Crippen molar-refractivity contribution in [3.63, 3.8) is 0 Å². The molecule has 0 aliphatic heterocycles. The van der Waals surface area contributed by atoms with E-state index in [0.717, 1.165) is 35.3 Å². The summed E-state index contributed by atoms with van der Waals surface area (Å²) in [7, 11) is 0. The Balaban J connectivity index is 2.24. The molecule has 0 fully saturated rings. The minimum absolute atomic E-state index is 0.0592. The number of anilines is 1. The summed E-state index contributed by atoms with van der Waals surface area (Å²) >= 11 is 1.56. The largest absolute Gasteiger partial charge is 0.545 e. The molecule has 1 aromatic heterocycles. The van der Waals surface area contributed by atoms with Gasteiger partial charge in [-0.25, -0.2) is 9.97 Å². The van der Waals surface area contributed by atoms with Crippen molar-refractivity contribution in [2.24, 2.45) is 0 Å². The topological polar surface area (TPSA) is 69.2 Å². The van der Waals surface area contributed by atoms with E-state index in [4.69, 9.17) is 9.97 Å². The molecule has 0 unspecified atom stereocenters. The third-order valence-electron chi connectivity index (χ3n) is 4.11. The number of carbonyl (C=O) groups excluding carboxylic acids is 1. The molecule has 0 bridgehead atoms. The maximum Gasteiger partial charge on any atom is 0.190 e. The Bertz CT molecular complexity index is 751. The van der Waals surface area contributed by atoms with Gasteiger partial charge in [0.15, 0.2) is 5.16 Å². The predicted molar refractivity (Wildman–Crippen MR) is 105 cm³/mol. The SMILES string of the molecule is CCN(CC)c1cc(C(C)(C)C)nc(SCc2ccc(C(=O)[O-])cc2)n1. The van der Waals surface area contributed by atoms with Gasteiger partial charge in [-0.2, -0.15) is 0 Å². The molecule has 0 atom stereocenters. The van der Waals surface area contributed by atoms with Gasteiger partial charge in [0.05, 0.1) is 11.7 Å². The molecule has 0 saturated heterocycles. The van der Waals surface area contributed by atoms with Crippen molar-refractivity contribution in [3.05, 3.63) is 47.2 Å². The number of nitrogens with zero attached hydrogens (tertiary/aromatic N) is 3. The van der Waals surface area contributed by atoms with Gasteiger partial charge in [0.25, 0.3) is 0 Å². The molecule has 0 amide bonds. The minimum atomic E-state index is -1.16. The van der Waals surface area contributed by atoms with Gasteiger partial charge < -0.3 is 14.8 Å². The van der Waals surface area contributed by atoms with Crippen molar-refractivity contribution in [2.75, 3.05) is 18.0 Å². The van der Waals surface area contributed by atoms with Crippen LogP contribution < -0.4 is 10.0 Å². The molecule has 0 radical (unpaired) electrons. The summed E-state index contributed by atoms with van der Waals surface area (Å²) in [5.74, 6) is 0.470. The molecule has 26 heavy (non-hydrogen) atoms. The zero-order valence-electron chi connectivity index (χ0n) is 16.1. The second-order valence-corrected chi connectivity index (χ2v) is 8.03. The first-order valence-corrected chi connectivity index (χ1v) is 9.80. The molecular formula is C20H26N3O2S-. The zero-order chi connectivity index (χ0) is 19.3. The van der Waals surface area contributed by atoms with Crippen LogP contribution in [0.5, 0.6) is 0 Å². The van der Waals surface area contributed by atoms with Crippen molar-refractivity contribution >= 4 is 23.5 Å². The first-order valence-electron chi connectivity index (χ1n) is 8.82. The summed E-state index contributed by atoms with van der Waals surface area (Å²) in [6.45, 7) is 12.5. The monoisotopic (exact) mass is 372 g/mol. The average Bonchev–Trinajstić information content (AvgIpc) is 2.60. The quantitative estimate of drug-likeness (QED) is 0.549. The van der Waals surface area contributed by atoms with E-state index in [2.05, 4.69) is 45.6 Å². The summed E-state index contributed by atoms with van der Waals surface area (Å²) in [5, 5.41) is 11.6. The van der Waals surface area contributed by atoms with Crippen LogP contribution in [0.25, 0.3) is 0 Å². The maximum atomic E-state index is 10.8. The lowest BCUT2D eigenvalue weighted by molar-refractivity contribution is -0.255. The number of thioether (sulfide) groups is 1. The molecule has 1 heterocycles. The molecule has 2 rings (SSSR count). The lowest BCUT2D eigenvalue weighted by Gasteiger charge is -2.24. The Morgan fingerprint density at radius 3 is 2.23 bits per heavy atom. The molecule has 0 spiro atoms. The molecule has 0 N–H and O–H groups in total. The number of rotatable bonds is 7. The fraction of sp³-hybridized carbons (Fsp3) is 0.450. The molecule has 2 aromatic rings. The Morgan fingerprint density at radius 1 is 1.12 bits per heavy atom. The zero-order valence-corrected chi connectivity index (χ0v) is 16.9. The Hall–Kier alpha value is -2.08. The molecule has 140 valence electrons. The lowest BCUT2D eigenvalue weighted by Crippen LogP contribution is -2.25. The van der Waals surface area contributed by atoms with E-state index in [0.29, 0.717) is 5.75 Å². The van der Waals surface area contributed by atoms with Gasteiger partial charge in [0.2, 0.25) is 0 Å². The third-order valence-corrected chi connectivity index (χ3v) is 5.02. The number of hydrogen-bond donors (Lipinski definition) is 0. The van der Waals surface area contributed by atoms with Gasteiger partial charge >= 0.3 is 0 Å². The van der Waals surface area contributed by atoms with Gasteiger partial charge in [0.1, 0.15) is 5.82 Å². The number of carboxylic acids is 1. The summed E-state index contributed by atoms with van der Waals surface area (Å²) in [6, 6.07) is 8.82. The number of benzene rings is 1.